The van der Waals surface area contributed by atoms with Crippen LogP contribution in [0.15, 0.2) is 66.7 Å². The number of amides is 1. The van der Waals surface area contributed by atoms with Crippen molar-refractivity contribution in [1.29, 1.82) is 0 Å². The molecule has 1 aliphatic rings. The Hall–Kier alpha value is -3.21. The van der Waals surface area contributed by atoms with Crippen LogP contribution in [-0.4, -0.2) is 40.5 Å². The van der Waals surface area contributed by atoms with E-state index in [9.17, 15) is 9.59 Å². The van der Waals surface area contributed by atoms with Crippen molar-refractivity contribution >= 4 is 22.8 Å². The average Bonchev–Trinajstić information content (AvgIpc) is 2.83. The number of aryl methyl sites for hydroxylation is 1. The van der Waals surface area contributed by atoms with E-state index < -0.39 is 11.0 Å². The Balaban J connectivity index is 0.000000420. The second-order valence-corrected chi connectivity index (χ2v) is 10.4. The number of Topliss-reactive ketones (excluding diaryl/α,β-unsaturated/α-hetero) is 1. The highest BCUT2D eigenvalue weighted by atomic mass is 16.6. The molecule has 5 nitrogen and oxygen atoms in total. The number of ketones is 1. The van der Waals surface area contributed by atoms with Gasteiger partial charge in [-0.05, 0) is 59.1 Å². The highest BCUT2D eigenvalue weighted by Crippen LogP contribution is 2.39. The zero-order valence-corrected chi connectivity index (χ0v) is 21.7. The molecule has 3 aromatic rings. The number of hydrogen-bond donors (Lipinski definition) is 0. The van der Waals surface area contributed by atoms with E-state index in [2.05, 4.69) is 31.0 Å². The molecule has 186 valence electrons. The molecule has 0 N–H and O–H groups in total. The third-order valence-electron chi connectivity index (χ3n) is 6.35. The van der Waals surface area contributed by atoms with Crippen LogP contribution < -0.4 is 0 Å². The SMILES string of the molecule is CCCC1(C(=O)c2ccc3ccccc3n2)CCN(C(=O)OC(C)(C)C)CC1.Cc1ccccc1. The minimum Gasteiger partial charge on any atom is -0.444 e. The maximum Gasteiger partial charge on any atom is 0.410 e. The number of pyridine rings is 1. The lowest BCUT2D eigenvalue weighted by molar-refractivity contribution is 0.00936. The van der Waals surface area contributed by atoms with Gasteiger partial charge < -0.3 is 9.64 Å². The summed E-state index contributed by atoms with van der Waals surface area (Å²) in [6.07, 6.45) is 2.73. The normalized spacial score (nSPS) is 15.2. The van der Waals surface area contributed by atoms with Crippen LogP contribution in [0.1, 0.15) is 69.4 Å². The van der Waals surface area contributed by atoms with Crippen molar-refractivity contribution in [1.82, 2.24) is 9.88 Å². The van der Waals surface area contributed by atoms with Crippen LogP contribution >= 0.6 is 0 Å². The summed E-state index contributed by atoms with van der Waals surface area (Å²) >= 11 is 0. The van der Waals surface area contributed by atoms with Crippen molar-refractivity contribution < 1.29 is 14.3 Å². The first-order valence-electron chi connectivity index (χ1n) is 12.5. The summed E-state index contributed by atoms with van der Waals surface area (Å²) in [5, 5.41) is 1.03. The number of rotatable bonds is 4. The maximum absolute atomic E-state index is 13.5. The summed E-state index contributed by atoms with van der Waals surface area (Å²) in [7, 11) is 0. The number of aromatic nitrogens is 1. The molecular weight excluding hydrogens is 436 g/mol. The molecule has 1 aliphatic heterocycles. The predicted molar refractivity (Wildman–Crippen MR) is 142 cm³/mol. The molecule has 1 amide bonds. The molecule has 1 fully saturated rings. The van der Waals surface area contributed by atoms with Crippen molar-refractivity contribution in [2.45, 2.75) is 65.9 Å². The van der Waals surface area contributed by atoms with Gasteiger partial charge in [-0.2, -0.15) is 0 Å². The standard InChI is InChI=1S/C23H30N2O3.C7H8/c1-5-12-23(13-15-25(16-14-23)21(27)28-22(2,3)4)20(26)19-11-10-17-8-6-7-9-18(17)24-19;1-7-5-3-2-4-6-7/h6-11H,5,12-16H2,1-4H3;2-6H,1H3. The van der Waals surface area contributed by atoms with Crippen LogP contribution in [0, 0.1) is 12.3 Å². The molecule has 2 heterocycles. The first-order chi connectivity index (χ1) is 16.6. The Morgan fingerprint density at radius 2 is 1.57 bits per heavy atom. The second kappa shape index (κ2) is 11.5. The molecule has 35 heavy (non-hydrogen) atoms. The molecule has 2 aromatic carbocycles. The summed E-state index contributed by atoms with van der Waals surface area (Å²) in [4.78, 5) is 32.2. The number of hydrogen-bond acceptors (Lipinski definition) is 4. The van der Waals surface area contributed by atoms with Crippen molar-refractivity contribution in [3.05, 3.63) is 78.0 Å². The summed E-state index contributed by atoms with van der Waals surface area (Å²) in [6, 6.07) is 21.9. The van der Waals surface area contributed by atoms with Gasteiger partial charge in [0.1, 0.15) is 11.3 Å². The van der Waals surface area contributed by atoms with Crippen molar-refractivity contribution in [2.24, 2.45) is 5.41 Å². The minimum atomic E-state index is -0.514. The van der Waals surface area contributed by atoms with E-state index in [1.165, 1.54) is 5.56 Å². The topological polar surface area (TPSA) is 59.5 Å². The summed E-state index contributed by atoms with van der Waals surface area (Å²) < 4.78 is 5.49. The average molecular weight is 475 g/mol. The number of ether oxygens (including phenoxy) is 1. The van der Waals surface area contributed by atoms with Gasteiger partial charge in [-0.25, -0.2) is 9.78 Å². The number of benzene rings is 2. The summed E-state index contributed by atoms with van der Waals surface area (Å²) in [5.74, 6) is 0.101. The number of nitrogens with zero attached hydrogens (tertiary/aromatic N) is 2. The van der Waals surface area contributed by atoms with Gasteiger partial charge in [0.25, 0.3) is 0 Å². The fourth-order valence-corrected chi connectivity index (χ4v) is 4.51. The van der Waals surface area contributed by atoms with E-state index in [-0.39, 0.29) is 11.9 Å². The highest BCUT2D eigenvalue weighted by Gasteiger charge is 2.43. The number of likely N-dealkylation sites (tertiary alicyclic amines) is 1. The van der Waals surface area contributed by atoms with E-state index in [1.807, 2.05) is 75.4 Å². The highest BCUT2D eigenvalue weighted by molar-refractivity contribution is 6.00. The van der Waals surface area contributed by atoms with Crippen molar-refractivity contribution in [3.8, 4) is 0 Å². The predicted octanol–water partition coefficient (Wildman–Crippen LogP) is 7.23. The second-order valence-electron chi connectivity index (χ2n) is 10.4. The van der Waals surface area contributed by atoms with Gasteiger partial charge in [-0.1, -0.05) is 73.5 Å². The Morgan fingerprint density at radius 1 is 0.943 bits per heavy atom. The number of fused-ring (bicyclic) bond motifs is 1. The van der Waals surface area contributed by atoms with E-state index in [0.717, 1.165) is 23.7 Å². The number of carbonyl (C=O) groups excluding carboxylic acids is 2. The first kappa shape index (κ1) is 26.4. The molecule has 0 radical (unpaired) electrons. The van der Waals surface area contributed by atoms with E-state index in [1.54, 1.807) is 4.90 Å². The van der Waals surface area contributed by atoms with Crippen LogP contribution in [0.4, 0.5) is 4.79 Å². The van der Waals surface area contributed by atoms with Crippen LogP contribution in [0.3, 0.4) is 0 Å². The third kappa shape index (κ3) is 7.14. The van der Waals surface area contributed by atoms with Crippen molar-refractivity contribution in [3.63, 3.8) is 0 Å². The third-order valence-corrected chi connectivity index (χ3v) is 6.35. The van der Waals surface area contributed by atoms with Gasteiger partial charge in [-0.15, -0.1) is 0 Å². The first-order valence-corrected chi connectivity index (χ1v) is 12.5. The van der Waals surface area contributed by atoms with E-state index in [4.69, 9.17) is 4.74 Å². The molecule has 0 aliphatic carbocycles. The Bertz CT molecular complexity index is 1130. The van der Waals surface area contributed by atoms with Crippen LogP contribution in [0.25, 0.3) is 10.9 Å². The van der Waals surface area contributed by atoms with Crippen molar-refractivity contribution in [2.75, 3.05) is 13.1 Å². The minimum absolute atomic E-state index is 0.101. The molecular formula is C30H38N2O3. The van der Waals surface area contributed by atoms with Crippen LogP contribution in [0.2, 0.25) is 0 Å². The molecule has 5 heteroatoms. The maximum atomic E-state index is 13.5. The lowest BCUT2D eigenvalue weighted by atomic mass is 9.70. The molecule has 1 saturated heterocycles. The molecule has 0 unspecified atom stereocenters. The molecule has 4 rings (SSSR count). The molecule has 0 atom stereocenters. The zero-order valence-electron chi connectivity index (χ0n) is 21.7. The smallest absolute Gasteiger partial charge is 0.410 e. The van der Waals surface area contributed by atoms with Gasteiger partial charge in [0.2, 0.25) is 0 Å². The van der Waals surface area contributed by atoms with Gasteiger partial charge in [0, 0.05) is 23.9 Å². The van der Waals surface area contributed by atoms with Gasteiger partial charge in [0.15, 0.2) is 5.78 Å². The van der Waals surface area contributed by atoms with Crippen LogP contribution in [-0.2, 0) is 4.74 Å². The summed E-state index contributed by atoms with van der Waals surface area (Å²) in [6.45, 7) is 10.9. The van der Waals surface area contributed by atoms with E-state index in [0.29, 0.717) is 31.6 Å². The summed E-state index contributed by atoms with van der Waals surface area (Å²) in [5.41, 5.74) is 1.72. The molecule has 1 aromatic heterocycles. The molecule has 0 bridgehead atoms. The lowest BCUT2D eigenvalue weighted by Crippen LogP contribution is -2.48. The molecule has 0 spiro atoms. The quantitative estimate of drug-likeness (QED) is 0.374. The largest absolute Gasteiger partial charge is 0.444 e. The Morgan fingerprint density at radius 3 is 2.14 bits per heavy atom. The Kier molecular flexibility index (Phi) is 8.66. The number of carbonyl (C=O) groups is 2. The van der Waals surface area contributed by atoms with Crippen LogP contribution in [0.5, 0.6) is 0 Å². The fraction of sp³-hybridized carbons (Fsp3) is 0.433. The molecule has 0 saturated carbocycles. The van der Waals surface area contributed by atoms with Gasteiger partial charge in [0.05, 0.1) is 5.52 Å². The number of para-hydroxylation sites is 1. The van der Waals surface area contributed by atoms with Gasteiger partial charge >= 0.3 is 6.09 Å². The Labute approximate surface area is 209 Å². The lowest BCUT2D eigenvalue weighted by Gasteiger charge is -2.40. The van der Waals surface area contributed by atoms with Gasteiger partial charge in [-0.3, -0.25) is 4.79 Å². The monoisotopic (exact) mass is 474 g/mol. The number of piperidine rings is 1. The van der Waals surface area contributed by atoms with E-state index >= 15 is 0 Å². The fourth-order valence-electron chi connectivity index (χ4n) is 4.51. The zero-order chi connectivity index (χ0) is 25.5.